The second kappa shape index (κ2) is 4.94. The summed E-state index contributed by atoms with van der Waals surface area (Å²) in [5.41, 5.74) is 8.81. The molecule has 2 atom stereocenters. The molecular weight excluding hydrogens is 314 g/mol. The van der Waals surface area contributed by atoms with Crippen LogP contribution in [-0.2, 0) is 5.75 Å². The number of benzene rings is 1. The molecule has 0 saturated carbocycles. The van der Waals surface area contributed by atoms with E-state index in [-0.39, 0.29) is 6.04 Å². The van der Waals surface area contributed by atoms with Crippen molar-refractivity contribution in [3.05, 3.63) is 21.7 Å². The van der Waals surface area contributed by atoms with E-state index in [0.29, 0.717) is 19.1 Å². The Labute approximate surface area is 120 Å². The summed E-state index contributed by atoms with van der Waals surface area (Å²) in [6.45, 7) is 3.41. The van der Waals surface area contributed by atoms with Crippen molar-refractivity contribution >= 4 is 27.7 Å². The zero-order valence-corrected chi connectivity index (χ0v) is 12.6. The molecule has 3 nitrogen and oxygen atoms in total. The number of hydrogen-bond donors (Lipinski definition) is 1. The number of halogens is 1. The number of rotatable bonds is 0. The van der Waals surface area contributed by atoms with Crippen LogP contribution in [0.3, 0.4) is 0 Å². The maximum Gasteiger partial charge on any atom is 0.166 e. The van der Waals surface area contributed by atoms with Crippen LogP contribution < -0.4 is 15.2 Å². The minimum Gasteiger partial charge on any atom is -0.486 e. The summed E-state index contributed by atoms with van der Waals surface area (Å²) in [6.07, 6.45) is 0. The molecule has 0 radical (unpaired) electrons. The second-order valence-corrected chi connectivity index (χ2v) is 6.68. The Kier molecular flexibility index (Phi) is 3.47. The van der Waals surface area contributed by atoms with Crippen molar-refractivity contribution in [2.45, 2.75) is 18.7 Å². The van der Waals surface area contributed by atoms with E-state index >= 15 is 0 Å². The number of nitrogens with two attached hydrogens (primary N) is 1. The summed E-state index contributed by atoms with van der Waals surface area (Å²) in [7, 11) is 0. The number of hydrogen-bond acceptors (Lipinski definition) is 4. The predicted octanol–water partition coefficient (Wildman–Crippen LogP) is 3.10. The van der Waals surface area contributed by atoms with Crippen molar-refractivity contribution in [3.63, 3.8) is 0 Å². The number of fused-ring (bicyclic) bond motifs is 3. The van der Waals surface area contributed by atoms with E-state index in [0.717, 1.165) is 33.0 Å². The molecule has 0 fully saturated rings. The van der Waals surface area contributed by atoms with Crippen LogP contribution in [0, 0.1) is 5.92 Å². The van der Waals surface area contributed by atoms with Gasteiger partial charge >= 0.3 is 0 Å². The van der Waals surface area contributed by atoms with Crippen LogP contribution in [0.2, 0.25) is 0 Å². The first-order chi connectivity index (χ1) is 8.68. The van der Waals surface area contributed by atoms with Gasteiger partial charge in [-0.15, -0.1) is 0 Å². The summed E-state index contributed by atoms with van der Waals surface area (Å²) in [5.74, 6) is 4.19. The molecule has 2 aliphatic heterocycles. The van der Waals surface area contributed by atoms with Crippen LogP contribution in [0.4, 0.5) is 0 Å². The van der Waals surface area contributed by atoms with Gasteiger partial charge in [-0.25, -0.2) is 0 Å². The van der Waals surface area contributed by atoms with Gasteiger partial charge in [0.25, 0.3) is 0 Å². The van der Waals surface area contributed by atoms with Crippen LogP contribution in [0.25, 0.3) is 0 Å². The highest BCUT2D eigenvalue weighted by atomic mass is 79.9. The highest BCUT2D eigenvalue weighted by molar-refractivity contribution is 9.10. The lowest BCUT2D eigenvalue weighted by atomic mass is 9.92. The third kappa shape index (κ3) is 2.02. The Morgan fingerprint density at radius 3 is 3.00 bits per heavy atom. The van der Waals surface area contributed by atoms with Crippen molar-refractivity contribution in [2.24, 2.45) is 11.7 Å². The molecule has 0 bridgehead atoms. The maximum atomic E-state index is 6.41. The largest absolute Gasteiger partial charge is 0.486 e. The van der Waals surface area contributed by atoms with Gasteiger partial charge in [-0.1, -0.05) is 22.9 Å². The quantitative estimate of drug-likeness (QED) is 0.794. The molecule has 1 aromatic carbocycles. The molecular formula is C13H16BrNO2S. The van der Waals surface area contributed by atoms with Crippen LogP contribution in [0.1, 0.15) is 24.1 Å². The minimum atomic E-state index is 0.0166. The topological polar surface area (TPSA) is 44.5 Å². The fourth-order valence-electron chi connectivity index (χ4n) is 2.45. The van der Waals surface area contributed by atoms with E-state index in [2.05, 4.69) is 22.9 Å². The van der Waals surface area contributed by atoms with Gasteiger partial charge in [0.15, 0.2) is 11.5 Å². The Morgan fingerprint density at radius 1 is 1.39 bits per heavy atom. The van der Waals surface area contributed by atoms with Gasteiger partial charge in [-0.2, -0.15) is 11.8 Å². The fraction of sp³-hybridized carbons (Fsp3) is 0.538. The molecule has 1 aromatic rings. The molecule has 2 heterocycles. The standard InChI is InChI=1S/C13H16BrNO2S/c1-7-5-18-6-8-9(14)4-10-13(11(8)12(7)15)17-3-2-16-10/h4,7,12H,2-3,5-6,15H2,1H3. The minimum absolute atomic E-state index is 0.0166. The molecule has 2 N–H and O–H groups in total. The molecule has 0 saturated heterocycles. The van der Waals surface area contributed by atoms with Crippen molar-refractivity contribution in [3.8, 4) is 11.5 Å². The predicted molar refractivity (Wildman–Crippen MR) is 77.4 cm³/mol. The van der Waals surface area contributed by atoms with Crippen molar-refractivity contribution in [1.82, 2.24) is 0 Å². The molecule has 0 amide bonds. The second-order valence-electron chi connectivity index (χ2n) is 4.79. The van der Waals surface area contributed by atoms with Gasteiger partial charge in [0.1, 0.15) is 13.2 Å². The summed E-state index contributed by atoms with van der Waals surface area (Å²) < 4.78 is 12.6. The third-order valence-corrected chi connectivity index (χ3v) is 5.46. The smallest absolute Gasteiger partial charge is 0.166 e. The molecule has 18 heavy (non-hydrogen) atoms. The summed E-state index contributed by atoms with van der Waals surface area (Å²) in [4.78, 5) is 0. The van der Waals surface area contributed by atoms with E-state index in [9.17, 15) is 0 Å². The van der Waals surface area contributed by atoms with Gasteiger partial charge in [-0.3, -0.25) is 0 Å². The summed E-state index contributed by atoms with van der Waals surface area (Å²) in [6, 6.07) is 2.03. The highest BCUT2D eigenvalue weighted by Crippen LogP contribution is 2.47. The lowest BCUT2D eigenvalue weighted by Crippen LogP contribution is -2.24. The van der Waals surface area contributed by atoms with Crippen LogP contribution in [0.15, 0.2) is 10.5 Å². The first-order valence-corrected chi connectivity index (χ1v) is 8.07. The van der Waals surface area contributed by atoms with E-state index in [1.807, 2.05) is 17.8 Å². The van der Waals surface area contributed by atoms with Crippen LogP contribution in [-0.4, -0.2) is 19.0 Å². The first-order valence-electron chi connectivity index (χ1n) is 6.12. The molecule has 0 spiro atoms. The van der Waals surface area contributed by atoms with Gasteiger partial charge < -0.3 is 15.2 Å². The van der Waals surface area contributed by atoms with Gasteiger partial charge in [0.2, 0.25) is 0 Å². The van der Waals surface area contributed by atoms with Crippen LogP contribution >= 0.6 is 27.7 Å². The fourth-order valence-corrected chi connectivity index (χ4v) is 4.41. The van der Waals surface area contributed by atoms with Crippen molar-refractivity contribution in [2.75, 3.05) is 19.0 Å². The SMILES string of the molecule is CC1CSCc2c(Br)cc3c(c2C1N)OCCO3. The van der Waals surface area contributed by atoms with Crippen molar-refractivity contribution < 1.29 is 9.47 Å². The monoisotopic (exact) mass is 329 g/mol. The van der Waals surface area contributed by atoms with E-state index in [1.165, 1.54) is 5.56 Å². The Balaban J connectivity index is 2.20. The maximum absolute atomic E-state index is 6.41. The molecule has 5 heteroatoms. The lowest BCUT2D eigenvalue weighted by molar-refractivity contribution is 0.168. The average Bonchev–Trinajstić information content (AvgIpc) is 2.51. The lowest BCUT2D eigenvalue weighted by Gasteiger charge is -2.27. The molecule has 0 aromatic heterocycles. The number of ether oxygens (including phenoxy) is 2. The molecule has 2 aliphatic rings. The Hall–Kier alpha value is -0.390. The van der Waals surface area contributed by atoms with E-state index in [4.69, 9.17) is 15.2 Å². The molecule has 2 unspecified atom stereocenters. The summed E-state index contributed by atoms with van der Waals surface area (Å²) in [5, 5.41) is 0. The average molecular weight is 330 g/mol. The molecule has 98 valence electrons. The number of thioether (sulfide) groups is 1. The van der Waals surface area contributed by atoms with E-state index in [1.54, 1.807) is 0 Å². The van der Waals surface area contributed by atoms with Crippen molar-refractivity contribution in [1.29, 1.82) is 0 Å². The summed E-state index contributed by atoms with van der Waals surface area (Å²) >= 11 is 5.57. The third-order valence-electron chi connectivity index (χ3n) is 3.50. The normalized spacial score (nSPS) is 26.4. The zero-order valence-electron chi connectivity index (χ0n) is 10.2. The van der Waals surface area contributed by atoms with E-state index < -0.39 is 0 Å². The Morgan fingerprint density at radius 2 is 2.17 bits per heavy atom. The van der Waals surface area contributed by atoms with Crippen LogP contribution in [0.5, 0.6) is 11.5 Å². The van der Waals surface area contributed by atoms with Gasteiger partial charge in [0.05, 0.1) is 0 Å². The molecule has 0 aliphatic carbocycles. The first kappa shape index (κ1) is 12.6. The Bertz CT molecular complexity index is 481. The van der Waals surface area contributed by atoms with Gasteiger partial charge in [-0.05, 0) is 23.3 Å². The zero-order chi connectivity index (χ0) is 12.7. The molecule has 3 rings (SSSR count). The van der Waals surface area contributed by atoms with Gasteiger partial charge in [0, 0.05) is 21.8 Å². The highest BCUT2D eigenvalue weighted by Gasteiger charge is 2.30.